The molecule has 1 rings (SSSR count). The van der Waals surface area contributed by atoms with Crippen LogP contribution in [0, 0.1) is 5.92 Å². The molecule has 0 heterocycles. The average Bonchev–Trinajstić information content (AvgIpc) is 2.44. The Morgan fingerprint density at radius 3 is 2.48 bits per heavy atom. The molecular weight excluding hydrogens is 289 g/mol. The zero-order chi connectivity index (χ0) is 15.9. The minimum atomic E-state index is -3.70. The maximum atomic E-state index is 12.4. The largest absolute Gasteiger partial charge is 0.481 e. The minimum absolute atomic E-state index is 0.254. The van der Waals surface area contributed by atoms with E-state index >= 15 is 0 Å². The summed E-state index contributed by atoms with van der Waals surface area (Å²) in [7, 11) is -3.70. The van der Waals surface area contributed by atoms with Crippen molar-refractivity contribution in [2.75, 3.05) is 6.16 Å². The Morgan fingerprint density at radius 1 is 1.33 bits per heavy atom. The Kier molecular flexibility index (Phi) is 7.09. The van der Waals surface area contributed by atoms with Crippen molar-refractivity contribution >= 4 is 13.3 Å². The van der Waals surface area contributed by atoms with E-state index in [1.54, 1.807) is 0 Å². The normalized spacial score (nSPS) is 16.9. The SMILES string of the molecule is CCCCC(CP(=O)(O)C(N)Cc1ccccc1)C(=O)O. The topological polar surface area (TPSA) is 101 Å². The fourth-order valence-corrected chi connectivity index (χ4v) is 3.93. The molecule has 0 fully saturated rings. The van der Waals surface area contributed by atoms with E-state index in [4.69, 9.17) is 10.8 Å². The van der Waals surface area contributed by atoms with Gasteiger partial charge in [-0.2, -0.15) is 0 Å². The lowest BCUT2D eigenvalue weighted by molar-refractivity contribution is -0.141. The van der Waals surface area contributed by atoms with Crippen LogP contribution >= 0.6 is 7.37 Å². The van der Waals surface area contributed by atoms with E-state index in [9.17, 15) is 14.3 Å². The first-order valence-electron chi connectivity index (χ1n) is 7.20. The molecule has 0 bridgehead atoms. The Bertz CT molecular complexity index is 492. The molecule has 0 aliphatic heterocycles. The molecule has 0 saturated carbocycles. The number of hydrogen-bond donors (Lipinski definition) is 3. The van der Waals surface area contributed by atoms with Crippen molar-refractivity contribution in [1.82, 2.24) is 0 Å². The van der Waals surface area contributed by atoms with Gasteiger partial charge in [0.15, 0.2) is 0 Å². The first kappa shape index (κ1) is 17.9. The third kappa shape index (κ3) is 6.00. The smallest absolute Gasteiger partial charge is 0.307 e. The van der Waals surface area contributed by atoms with Crippen molar-refractivity contribution in [3.8, 4) is 0 Å². The monoisotopic (exact) mass is 313 g/mol. The standard InChI is InChI=1S/C15H24NO4P/c1-2-3-9-13(15(17)18)11-21(19,20)14(16)10-12-7-5-4-6-8-12/h4-8,13-14H,2-3,9-11,16H2,1H3,(H,17,18)(H,19,20). The zero-order valence-corrected chi connectivity index (χ0v) is 13.2. The molecule has 0 aromatic heterocycles. The van der Waals surface area contributed by atoms with Crippen LogP contribution in [0.15, 0.2) is 30.3 Å². The molecule has 1 aromatic carbocycles. The zero-order valence-electron chi connectivity index (χ0n) is 12.3. The molecule has 21 heavy (non-hydrogen) atoms. The van der Waals surface area contributed by atoms with Gasteiger partial charge in [-0.05, 0) is 18.4 Å². The van der Waals surface area contributed by atoms with Crippen LogP contribution < -0.4 is 5.73 Å². The summed E-state index contributed by atoms with van der Waals surface area (Å²) in [6, 6.07) is 9.22. The highest BCUT2D eigenvalue weighted by molar-refractivity contribution is 7.58. The van der Waals surface area contributed by atoms with Gasteiger partial charge in [0, 0.05) is 6.16 Å². The van der Waals surface area contributed by atoms with Gasteiger partial charge in [-0.1, -0.05) is 50.1 Å². The molecule has 3 unspecified atom stereocenters. The van der Waals surface area contributed by atoms with E-state index < -0.39 is 25.0 Å². The summed E-state index contributed by atoms with van der Waals surface area (Å²) < 4.78 is 12.4. The number of carboxylic acid groups (broad SMARTS) is 1. The predicted molar refractivity (Wildman–Crippen MR) is 83.5 cm³/mol. The number of nitrogens with two attached hydrogens (primary N) is 1. The molecule has 0 spiro atoms. The van der Waals surface area contributed by atoms with Crippen molar-refractivity contribution < 1.29 is 19.4 Å². The first-order chi connectivity index (χ1) is 9.86. The van der Waals surface area contributed by atoms with Crippen molar-refractivity contribution in [2.24, 2.45) is 11.7 Å². The maximum Gasteiger partial charge on any atom is 0.307 e. The van der Waals surface area contributed by atoms with Crippen molar-refractivity contribution in [2.45, 2.75) is 38.4 Å². The van der Waals surface area contributed by atoms with Gasteiger partial charge in [0.25, 0.3) is 0 Å². The van der Waals surface area contributed by atoms with E-state index in [1.807, 2.05) is 37.3 Å². The summed E-state index contributed by atoms with van der Waals surface area (Å²) in [5, 5.41) is 9.16. The predicted octanol–water partition coefficient (Wildman–Crippen LogP) is 2.68. The molecular formula is C15H24NO4P. The molecule has 118 valence electrons. The van der Waals surface area contributed by atoms with E-state index in [-0.39, 0.29) is 12.6 Å². The minimum Gasteiger partial charge on any atom is -0.481 e. The molecule has 6 heteroatoms. The lowest BCUT2D eigenvalue weighted by Gasteiger charge is -2.22. The summed E-state index contributed by atoms with van der Waals surface area (Å²) in [6.45, 7) is 1.96. The molecule has 0 aliphatic rings. The second kappa shape index (κ2) is 8.32. The quantitative estimate of drug-likeness (QED) is 0.608. The van der Waals surface area contributed by atoms with Crippen LogP contribution in [-0.4, -0.2) is 27.9 Å². The lowest BCUT2D eigenvalue weighted by Crippen LogP contribution is -2.28. The van der Waals surface area contributed by atoms with Crippen LogP contribution in [-0.2, 0) is 15.8 Å². The van der Waals surface area contributed by atoms with Crippen molar-refractivity contribution in [3.05, 3.63) is 35.9 Å². The fraction of sp³-hybridized carbons (Fsp3) is 0.533. The Balaban J connectivity index is 2.69. The van der Waals surface area contributed by atoms with Crippen LogP contribution in [0.25, 0.3) is 0 Å². The Morgan fingerprint density at radius 2 is 1.95 bits per heavy atom. The second-order valence-electron chi connectivity index (χ2n) is 5.37. The van der Waals surface area contributed by atoms with E-state index in [0.717, 1.165) is 18.4 Å². The number of aliphatic carboxylic acids is 1. The highest BCUT2D eigenvalue weighted by atomic mass is 31.2. The van der Waals surface area contributed by atoms with E-state index in [0.29, 0.717) is 6.42 Å². The van der Waals surface area contributed by atoms with Crippen LogP contribution in [0.4, 0.5) is 0 Å². The van der Waals surface area contributed by atoms with Crippen LogP contribution in [0.3, 0.4) is 0 Å². The van der Waals surface area contributed by atoms with Crippen molar-refractivity contribution in [3.63, 3.8) is 0 Å². The Hall–Kier alpha value is -1.16. The average molecular weight is 313 g/mol. The second-order valence-corrected chi connectivity index (χ2v) is 7.91. The molecule has 5 nitrogen and oxygen atoms in total. The van der Waals surface area contributed by atoms with Gasteiger partial charge >= 0.3 is 5.97 Å². The van der Waals surface area contributed by atoms with Crippen LogP contribution in [0.5, 0.6) is 0 Å². The number of benzene rings is 1. The molecule has 1 aromatic rings. The van der Waals surface area contributed by atoms with E-state index in [1.165, 1.54) is 0 Å². The van der Waals surface area contributed by atoms with Crippen LogP contribution in [0.2, 0.25) is 0 Å². The molecule has 4 N–H and O–H groups in total. The molecule has 0 amide bonds. The highest BCUT2D eigenvalue weighted by Crippen LogP contribution is 2.47. The molecule has 0 radical (unpaired) electrons. The summed E-state index contributed by atoms with van der Waals surface area (Å²) >= 11 is 0. The summed E-state index contributed by atoms with van der Waals surface area (Å²) in [5.74, 6) is -2.75. The number of carbonyl (C=O) groups is 1. The van der Waals surface area contributed by atoms with E-state index in [2.05, 4.69) is 0 Å². The molecule has 0 aliphatic carbocycles. The van der Waals surface area contributed by atoms with Crippen LogP contribution in [0.1, 0.15) is 31.7 Å². The number of carboxylic acids is 1. The molecule has 0 saturated heterocycles. The summed E-state index contributed by atoms with van der Waals surface area (Å²) in [5.41, 5.74) is 6.73. The molecule has 3 atom stereocenters. The van der Waals surface area contributed by atoms with Gasteiger partial charge in [0.2, 0.25) is 7.37 Å². The fourth-order valence-electron chi connectivity index (χ4n) is 2.19. The highest BCUT2D eigenvalue weighted by Gasteiger charge is 2.33. The van der Waals surface area contributed by atoms with Gasteiger partial charge in [0.05, 0.1) is 11.7 Å². The third-order valence-corrected chi connectivity index (χ3v) is 5.73. The lowest BCUT2D eigenvalue weighted by atomic mass is 10.1. The Labute approximate surface area is 125 Å². The van der Waals surface area contributed by atoms with Gasteiger partial charge < -0.3 is 15.7 Å². The first-order valence-corrected chi connectivity index (χ1v) is 9.12. The summed E-state index contributed by atoms with van der Waals surface area (Å²) in [4.78, 5) is 21.3. The third-order valence-electron chi connectivity index (χ3n) is 3.54. The number of hydrogen-bond acceptors (Lipinski definition) is 3. The van der Waals surface area contributed by atoms with Gasteiger partial charge in [-0.15, -0.1) is 0 Å². The van der Waals surface area contributed by atoms with Gasteiger partial charge in [-0.3, -0.25) is 9.36 Å². The van der Waals surface area contributed by atoms with Crippen molar-refractivity contribution in [1.29, 1.82) is 0 Å². The number of unbranched alkanes of at least 4 members (excludes halogenated alkanes) is 1. The summed E-state index contributed by atoms with van der Waals surface area (Å²) in [6.07, 6.45) is 2.01. The van der Waals surface area contributed by atoms with Gasteiger partial charge in [-0.25, -0.2) is 0 Å². The maximum absolute atomic E-state index is 12.4. The number of rotatable bonds is 9. The van der Waals surface area contributed by atoms with Gasteiger partial charge in [0.1, 0.15) is 0 Å².